The van der Waals surface area contributed by atoms with E-state index in [4.69, 9.17) is 4.74 Å². The van der Waals surface area contributed by atoms with Gasteiger partial charge >= 0.3 is 23.8 Å². The second-order valence-electron chi connectivity index (χ2n) is 5.74. The molecule has 7 nitrogen and oxygen atoms in total. The number of hydrogen-bond acceptors (Lipinski definition) is 5. The highest BCUT2D eigenvalue weighted by Gasteiger charge is 2.64. The summed E-state index contributed by atoms with van der Waals surface area (Å²) in [4.78, 5) is 24.7. The van der Waals surface area contributed by atoms with Crippen LogP contribution >= 0.6 is 0 Å². The summed E-state index contributed by atoms with van der Waals surface area (Å²) in [5.74, 6) is -1.68. The number of halogens is 3. The van der Waals surface area contributed by atoms with Gasteiger partial charge in [-0.25, -0.2) is 9.59 Å². The molecule has 0 spiro atoms. The smallest absolute Gasteiger partial charge is 0.441 e. The van der Waals surface area contributed by atoms with E-state index in [2.05, 4.69) is 15.4 Å². The Bertz CT molecular complexity index is 846. The van der Waals surface area contributed by atoms with E-state index in [1.807, 2.05) is 0 Å². The normalized spacial score (nSPS) is 13.0. The zero-order valence-electron chi connectivity index (χ0n) is 15.7. The van der Waals surface area contributed by atoms with Crippen LogP contribution in [0.25, 0.3) is 0 Å². The molecule has 2 aromatic rings. The summed E-state index contributed by atoms with van der Waals surface area (Å²) in [5, 5.41) is 6.00. The minimum Gasteiger partial charge on any atom is -0.495 e. The lowest BCUT2D eigenvalue weighted by Crippen LogP contribution is -2.70. The molecule has 10 heteroatoms. The number of nitrogens with one attached hydrogen (secondary N) is 3. The van der Waals surface area contributed by atoms with Gasteiger partial charge < -0.3 is 20.1 Å². The van der Waals surface area contributed by atoms with Gasteiger partial charge in [0.2, 0.25) is 0 Å². The monoisotopic (exact) mass is 411 g/mol. The first-order valence-corrected chi connectivity index (χ1v) is 8.53. The van der Waals surface area contributed by atoms with Crippen LogP contribution in [-0.2, 0) is 9.53 Å². The van der Waals surface area contributed by atoms with Crippen molar-refractivity contribution in [3.63, 3.8) is 0 Å². The number of urea groups is 1. The van der Waals surface area contributed by atoms with Crippen LogP contribution in [0.15, 0.2) is 54.6 Å². The van der Waals surface area contributed by atoms with Crippen molar-refractivity contribution in [3.05, 3.63) is 54.6 Å². The van der Waals surface area contributed by atoms with Crippen molar-refractivity contribution >= 4 is 23.4 Å². The first kappa shape index (κ1) is 21.9. The van der Waals surface area contributed by atoms with Crippen LogP contribution in [0.1, 0.15) is 6.92 Å². The van der Waals surface area contributed by atoms with Crippen molar-refractivity contribution in [3.8, 4) is 5.75 Å². The van der Waals surface area contributed by atoms with E-state index in [-0.39, 0.29) is 23.7 Å². The minimum absolute atomic E-state index is 0.0377. The molecule has 0 fully saturated rings. The summed E-state index contributed by atoms with van der Waals surface area (Å²) in [6.07, 6.45) is -5.26. The van der Waals surface area contributed by atoms with E-state index in [1.165, 1.54) is 44.4 Å². The molecule has 2 aromatic carbocycles. The predicted molar refractivity (Wildman–Crippen MR) is 101 cm³/mol. The Labute approximate surface area is 165 Å². The average Bonchev–Trinajstić information content (AvgIpc) is 2.67. The lowest BCUT2D eigenvalue weighted by Gasteiger charge is -2.35. The summed E-state index contributed by atoms with van der Waals surface area (Å²) in [6, 6.07) is 12.2. The third-order valence-corrected chi connectivity index (χ3v) is 3.77. The maximum Gasteiger partial charge on any atom is 0.441 e. The summed E-state index contributed by atoms with van der Waals surface area (Å²) in [5.41, 5.74) is -3.49. The molecule has 1 unspecified atom stereocenters. The summed E-state index contributed by atoms with van der Waals surface area (Å²) in [7, 11) is 1.26. The number of benzene rings is 2. The largest absolute Gasteiger partial charge is 0.495 e. The number of carbonyl (C=O) groups excluding carboxylic acids is 2. The number of methoxy groups -OCH3 is 1. The van der Waals surface area contributed by atoms with Crippen molar-refractivity contribution in [2.75, 3.05) is 24.4 Å². The predicted octanol–water partition coefficient (Wildman–Crippen LogP) is 3.75. The average molecular weight is 411 g/mol. The molecule has 0 aliphatic rings. The molecule has 0 aliphatic carbocycles. The highest BCUT2D eigenvalue weighted by atomic mass is 19.4. The number of carbonyl (C=O) groups is 2. The Kier molecular flexibility index (Phi) is 6.92. The van der Waals surface area contributed by atoms with Gasteiger partial charge in [0.25, 0.3) is 0 Å². The maximum atomic E-state index is 14.1. The number of anilines is 2. The molecule has 0 saturated heterocycles. The molecule has 0 aromatic heterocycles. The quantitative estimate of drug-likeness (QED) is 0.477. The molecule has 0 saturated carbocycles. The molecule has 29 heavy (non-hydrogen) atoms. The van der Waals surface area contributed by atoms with Crippen molar-refractivity contribution in [2.24, 2.45) is 0 Å². The molecule has 2 amide bonds. The van der Waals surface area contributed by atoms with Crippen LogP contribution in [0.5, 0.6) is 5.75 Å². The number of ether oxygens (including phenoxy) is 2. The van der Waals surface area contributed by atoms with Gasteiger partial charge in [-0.15, -0.1) is 0 Å². The maximum absolute atomic E-state index is 14.1. The lowest BCUT2D eigenvalue weighted by molar-refractivity contribution is -0.204. The first-order chi connectivity index (χ1) is 13.7. The summed E-state index contributed by atoms with van der Waals surface area (Å²) >= 11 is 0. The zero-order chi connectivity index (χ0) is 21.5. The number of alkyl halides is 3. The molecule has 156 valence electrons. The van der Waals surface area contributed by atoms with Crippen LogP contribution < -0.4 is 20.7 Å². The van der Waals surface area contributed by atoms with E-state index in [9.17, 15) is 22.8 Å². The van der Waals surface area contributed by atoms with Crippen molar-refractivity contribution in [1.29, 1.82) is 0 Å². The van der Waals surface area contributed by atoms with Gasteiger partial charge in [0, 0.05) is 5.69 Å². The van der Waals surface area contributed by atoms with E-state index < -0.39 is 23.8 Å². The fourth-order valence-corrected chi connectivity index (χ4v) is 2.43. The standard InChI is InChI=1S/C19H20F3N3O4/c1-3-29-16(26)18(19(20,21)22,24-14-11-7-8-12-15(14)28-2)25-17(27)23-13-9-5-4-6-10-13/h4-12,24H,3H2,1-2H3,(H2,23,25,27). The van der Waals surface area contributed by atoms with E-state index in [0.717, 1.165) is 0 Å². The summed E-state index contributed by atoms with van der Waals surface area (Å²) in [6.45, 7) is 1.03. The number of rotatable bonds is 7. The van der Waals surface area contributed by atoms with Gasteiger partial charge in [-0.05, 0) is 31.2 Å². The number of amides is 2. The van der Waals surface area contributed by atoms with Gasteiger partial charge in [0.05, 0.1) is 19.4 Å². The van der Waals surface area contributed by atoms with Crippen molar-refractivity contribution in [2.45, 2.75) is 18.8 Å². The van der Waals surface area contributed by atoms with Crippen molar-refractivity contribution < 1.29 is 32.2 Å². The molecular formula is C19H20F3N3O4. The third kappa shape index (κ3) is 5.09. The highest BCUT2D eigenvalue weighted by Crippen LogP contribution is 2.36. The molecule has 0 heterocycles. The highest BCUT2D eigenvalue weighted by molar-refractivity contribution is 5.96. The Hall–Kier alpha value is -3.43. The number of para-hydroxylation sites is 3. The fourth-order valence-electron chi connectivity index (χ4n) is 2.43. The Morgan fingerprint density at radius 3 is 2.21 bits per heavy atom. The van der Waals surface area contributed by atoms with E-state index in [0.29, 0.717) is 0 Å². The number of esters is 1. The number of hydrogen-bond donors (Lipinski definition) is 3. The van der Waals surface area contributed by atoms with Gasteiger partial charge in [0.15, 0.2) is 0 Å². The van der Waals surface area contributed by atoms with Gasteiger partial charge in [-0.3, -0.25) is 5.32 Å². The second kappa shape index (κ2) is 9.18. The minimum atomic E-state index is -5.26. The first-order valence-electron chi connectivity index (χ1n) is 8.53. The van der Waals surface area contributed by atoms with Crippen LogP contribution in [-0.4, -0.2) is 37.6 Å². The zero-order valence-corrected chi connectivity index (χ0v) is 15.7. The second-order valence-corrected chi connectivity index (χ2v) is 5.74. The van der Waals surface area contributed by atoms with Gasteiger partial charge in [-0.1, -0.05) is 30.3 Å². The third-order valence-electron chi connectivity index (χ3n) is 3.77. The Morgan fingerprint density at radius 2 is 1.62 bits per heavy atom. The van der Waals surface area contributed by atoms with Crippen LogP contribution in [0.4, 0.5) is 29.3 Å². The summed E-state index contributed by atoms with van der Waals surface area (Å²) < 4.78 is 52.0. The van der Waals surface area contributed by atoms with Crippen LogP contribution in [0, 0.1) is 0 Å². The molecule has 0 bridgehead atoms. The van der Waals surface area contributed by atoms with Gasteiger partial charge in [-0.2, -0.15) is 13.2 Å². The molecule has 0 aliphatic heterocycles. The fraction of sp³-hybridized carbons (Fsp3) is 0.263. The van der Waals surface area contributed by atoms with Crippen LogP contribution in [0.2, 0.25) is 0 Å². The van der Waals surface area contributed by atoms with E-state index >= 15 is 0 Å². The van der Waals surface area contributed by atoms with Crippen LogP contribution in [0.3, 0.4) is 0 Å². The Balaban J connectivity index is 2.45. The molecule has 0 radical (unpaired) electrons. The molecular weight excluding hydrogens is 391 g/mol. The van der Waals surface area contributed by atoms with Crippen molar-refractivity contribution in [1.82, 2.24) is 5.32 Å². The molecule has 2 rings (SSSR count). The molecule has 1 atom stereocenters. The topological polar surface area (TPSA) is 88.7 Å². The molecule has 3 N–H and O–H groups in total. The Morgan fingerprint density at radius 1 is 1.00 bits per heavy atom. The van der Waals surface area contributed by atoms with E-state index in [1.54, 1.807) is 29.6 Å². The van der Waals surface area contributed by atoms with Gasteiger partial charge in [0.1, 0.15) is 5.75 Å². The lowest BCUT2D eigenvalue weighted by atomic mass is 10.1. The SMILES string of the molecule is CCOC(=O)C(NC(=O)Nc1ccccc1)(Nc1ccccc1OC)C(F)(F)F.